The number of primary amides is 1. The van der Waals surface area contributed by atoms with Crippen molar-refractivity contribution in [3.63, 3.8) is 0 Å². The molecular formula is C13H17N5O. The van der Waals surface area contributed by atoms with E-state index in [9.17, 15) is 4.79 Å². The Bertz CT molecular complexity index is 486. The molecule has 1 aromatic heterocycles. The quantitative estimate of drug-likeness (QED) is 0.672. The van der Waals surface area contributed by atoms with Crippen LogP contribution in [0.4, 0.5) is 11.4 Å². The minimum Gasteiger partial charge on any atom is -0.378 e. The van der Waals surface area contributed by atoms with Gasteiger partial charge in [0.15, 0.2) is 0 Å². The molecule has 1 aliphatic heterocycles. The summed E-state index contributed by atoms with van der Waals surface area (Å²) in [6, 6.07) is 8.03. The first-order chi connectivity index (χ1) is 9.20. The Balaban J connectivity index is 0.000000169. The fourth-order valence-corrected chi connectivity index (χ4v) is 1.25. The molecule has 1 aliphatic rings. The number of amides is 1. The molecule has 0 atom stereocenters. The van der Waals surface area contributed by atoms with Gasteiger partial charge in [-0.1, -0.05) is 12.1 Å². The van der Waals surface area contributed by atoms with Crippen LogP contribution in [0.1, 0.15) is 6.92 Å². The summed E-state index contributed by atoms with van der Waals surface area (Å²) in [6.07, 6.45) is 6.96. The first-order valence-electron chi connectivity index (χ1n) is 5.74. The highest BCUT2D eigenvalue weighted by molar-refractivity contribution is 5.80. The number of para-hydroxylation sites is 2. The van der Waals surface area contributed by atoms with E-state index in [1.165, 1.54) is 6.92 Å². The van der Waals surface area contributed by atoms with Gasteiger partial charge in [-0.15, -0.1) is 0 Å². The maximum atomic E-state index is 9.22. The van der Waals surface area contributed by atoms with Crippen molar-refractivity contribution in [2.24, 2.45) is 10.7 Å². The number of nitrogens with zero attached hydrogens (tertiary/aromatic N) is 2. The molecular weight excluding hydrogens is 242 g/mol. The maximum absolute atomic E-state index is 9.22. The third-order valence-corrected chi connectivity index (χ3v) is 1.92. The van der Waals surface area contributed by atoms with E-state index in [1.54, 1.807) is 18.7 Å². The van der Waals surface area contributed by atoms with Gasteiger partial charge in [0.2, 0.25) is 5.91 Å². The van der Waals surface area contributed by atoms with Crippen molar-refractivity contribution in [2.75, 3.05) is 11.9 Å². The van der Waals surface area contributed by atoms with E-state index in [0.717, 1.165) is 17.9 Å². The Labute approximate surface area is 111 Å². The number of fused-ring (bicyclic) bond motifs is 1. The molecule has 0 saturated heterocycles. The molecule has 0 fully saturated rings. The SMILES string of the molecule is C1=Nc2ccccc2NC1.CC(N)=O.c1c[nH]cn1. The van der Waals surface area contributed by atoms with Crippen LogP contribution in [0.3, 0.4) is 0 Å². The lowest BCUT2D eigenvalue weighted by atomic mass is 10.2. The number of aromatic nitrogens is 2. The zero-order valence-corrected chi connectivity index (χ0v) is 10.7. The number of anilines is 1. The van der Waals surface area contributed by atoms with Gasteiger partial charge in [0, 0.05) is 25.5 Å². The topological polar surface area (TPSA) is 96.2 Å². The Morgan fingerprint density at radius 1 is 1.37 bits per heavy atom. The van der Waals surface area contributed by atoms with Crippen molar-refractivity contribution < 1.29 is 4.79 Å². The van der Waals surface area contributed by atoms with E-state index in [1.807, 2.05) is 30.5 Å². The lowest BCUT2D eigenvalue weighted by Crippen LogP contribution is -2.05. The van der Waals surface area contributed by atoms with Crippen LogP contribution in [-0.4, -0.2) is 28.6 Å². The van der Waals surface area contributed by atoms with E-state index >= 15 is 0 Å². The van der Waals surface area contributed by atoms with E-state index in [2.05, 4.69) is 26.0 Å². The van der Waals surface area contributed by atoms with Gasteiger partial charge in [-0.3, -0.25) is 9.79 Å². The van der Waals surface area contributed by atoms with Crippen molar-refractivity contribution in [1.82, 2.24) is 9.97 Å². The van der Waals surface area contributed by atoms with Crippen LogP contribution in [0.2, 0.25) is 0 Å². The second-order valence-corrected chi connectivity index (χ2v) is 3.58. The predicted molar refractivity (Wildman–Crippen MR) is 76.5 cm³/mol. The number of imidazole rings is 1. The van der Waals surface area contributed by atoms with Gasteiger partial charge in [-0.2, -0.15) is 0 Å². The van der Waals surface area contributed by atoms with Crippen LogP contribution in [0.15, 0.2) is 48.0 Å². The Hall–Kier alpha value is -2.63. The number of nitrogens with two attached hydrogens (primary N) is 1. The summed E-state index contributed by atoms with van der Waals surface area (Å²) in [5.41, 5.74) is 6.64. The largest absolute Gasteiger partial charge is 0.378 e. The van der Waals surface area contributed by atoms with Gasteiger partial charge in [-0.05, 0) is 12.1 Å². The summed E-state index contributed by atoms with van der Waals surface area (Å²) < 4.78 is 0. The highest BCUT2D eigenvalue weighted by Gasteiger charge is 2.00. The fraction of sp³-hybridized carbons (Fsp3) is 0.154. The van der Waals surface area contributed by atoms with Crippen LogP contribution in [0.25, 0.3) is 0 Å². The van der Waals surface area contributed by atoms with E-state index < -0.39 is 0 Å². The van der Waals surface area contributed by atoms with Crippen LogP contribution in [0, 0.1) is 0 Å². The molecule has 19 heavy (non-hydrogen) atoms. The summed E-state index contributed by atoms with van der Waals surface area (Å²) in [5, 5.41) is 3.21. The molecule has 100 valence electrons. The molecule has 0 aliphatic carbocycles. The number of nitrogens with one attached hydrogen (secondary N) is 2. The average molecular weight is 259 g/mol. The number of carbonyl (C=O) groups is 1. The van der Waals surface area contributed by atoms with Gasteiger partial charge in [-0.25, -0.2) is 4.98 Å². The second-order valence-electron chi connectivity index (χ2n) is 3.58. The van der Waals surface area contributed by atoms with Gasteiger partial charge in [0.1, 0.15) is 0 Å². The minimum absolute atomic E-state index is 0.333. The van der Waals surface area contributed by atoms with Gasteiger partial charge in [0.05, 0.1) is 24.2 Å². The summed E-state index contributed by atoms with van der Waals surface area (Å²) in [7, 11) is 0. The van der Waals surface area contributed by atoms with Crippen molar-refractivity contribution in [2.45, 2.75) is 6.92 Å². The van der Waals surface area contributed by atoms with Crippen molar-refractivity contribution in [1.29, 1.82) is 0 Å². The van der Waals surface area contributed by atoms with E-state index in [0.29, 0.717) is 0 Å². The van der Waals surface area contributed by atoms with E-state index in [-0.39, 0.29) is 5.91 Å². The molecule has 6 nitrogen and oxygen atoms in total. The first kappa shape index (κ1) is 14.4. The lowest BCUT2D eigenvalue weighted by molar-refractivity contribution is -0.115. The molecule has 0 saturated carbocycles. The zero-order valence-electron chi connectivity index (χ0n) is 10.7. The summed E-state index contributed by atoms with van der Waals surface area (Å²) in [5.74, 6) is -0.333. The Kier molecular flexibility index (Phi) is 6.43. The Morgan fingerprint density at radius 2 is 2.11 bits per heavy atom. The number of aromatic amines is 1. The zero-order chi connectivity index (χ0) is 13.9. The standard InChI is InChI=1S/C8H8N2.C3H4N2.C2H5NO/c1-2-4-8-7(3-1)9-5-6-10-8;1-2-5-3-4-1;1-2(3)4/h1-5,10H,6H2;1-3H,(H,4,5);1H3,(H2,3,4). The first-order valence-corrected chi connectivity index (χ1v) is 5.74. The van der Waals surface area contributed by atoms with Crippen LogP contribution in [0.5, 0.6) is 0 Å². The van der Waals surface area contributed by atoms with Crippen molar-refractivity contribution in [3.05, 3.63) is 43.0 Å². The maximum Gasteiger partial charge on any atom is 0.214 e. The third kappa shape index (κ3) is 6.62. The number of carbonyl (C=O) groups excluding carboxylic acids is 1. The minimum atomic E-state index is -0.333. The molecule has 0 bridgehead atoms. The van der Waals surface area contributed by atoms with Crippen LogP contribution >= 0.6 is 0 Å². The molecule has 1 aromatic carbocycles. The molecule has 4 N–H and O–H groups in total. The van der Waals surface area contributed by atoms with Gasteiger partial charge >= 0.3 is 0 Å². The molecule has 2 aromatic rings. The summed E-state index contributed by atoms with van der Waals surface area (Å²) >= 11 is 0. The highest BCUT2D eigenvalue weighted by Crippen LogP contribution is 2.24. The summed E-state index contributed by atoms with van der Waals surface area (Å²) in [4.78, 5) is 19.8. The predicted octanol–water partition coefficient (Wildman–Crippen LogP) is 1.72. The molecule has 0 unspecified atom stereocenters. The van der Waals surface area contributed by atoms with Crippen LogP contribution in [-0.2, 0) is 4.79 Å². The monoisotopic (exact) mass is 259 g/mol. The lowest BCUT2D eigenvalue weighted by Gasteiger charge is -2.10. The van der Waals surface area contributed by atoms with E-state index in [4.69, 9.17) is 0 Å². The van der Waals surface area contributed by atoms with Crippen molar-refractivity contribution >= 4 is 23.5 Å². The molecule has 1 amide bonds. The average Bonchev–Trinajstić information content (AvgIpc) is 2.97. The number of hydrogen-bond donors (Lipinski definition) is 3. The van der Waals surface area contributed by atoms with Gasteiger partial charge in [0.25, 0.3) is 0 Å². The van der Waals surface area contributed by atoms with Crippen LogP contribution < -0.4 is 11.1 Å². The summed E-state index contributed by atoms with van der Waals surface area (Å²) in [6.45, 7) is 2.15. The molecule has 3 rings (SSSR count). The molecule has 0 spiro atoms. The normalized spacial score (nSPS) is 10.8. The Morgan fingerprint density at radius 3 is 2.63 bits per heavy atom. The molecule has 2 heterocycles. The second kappa shape index (κ2) is 8.46. The number of benzene rings is 1. The third-order valence-electron chi connectivity index (χ3n) is 1.92. The number of H-pyrrole nitrogens is 1. The number of hydrogen-bond acceptors (Lipinski definition) is 4. The molecule has 6 heteroatoms. The van der Waals surface area contributed by atoms with Gasteiger partial charge < -0.3 is 16.0 Å². The molecule has 0 radical (unpaired) electrons. The smallest absolute Gasteiger partial charge is 0.214 e. The number of rotatable bonds is 0. The number of aliphatic imine (C=N–C) groups is 1. The van der Waals surface area contributed by atoms with Crippen molar-refractivity contribution in [3.8, 4) is 0 Å². The fourth-order valence-electron chi connectivity index (χ4n) is 1.25. The highest BCUT2D eigenvalue weighted by atomic mass is 16.1.